The Bertz CT molecular complexity index is 862. The molecule has 26 heavy (non-hydrogen) atoms. The van der Waals surface area contributed by atoms with Crippen molar-refractivity contribution in [1.82, 2.24) is 24.8 Å². The van der Waals surface area contributed by atoms with E-state index in [9.17, 15) is 0 Å². The first kappa shape index (κ1) is 16.8. The molecule has 0 amide bonds. The number of hydrogen-bond acceptors (Lipinski definition) is 6. The van der Waals surface area contributed by atoms with Gasteiger partial charge in [0.1, 0.15) is 17.6 Å². The number of piperidine rings is 1. The number of methoxy groups -OCH3 is 1. The molecule has 1 saturated heterocycles. The van der Waals surface area contributed by atoms with Crippen LogP contribution in [0, 0.1) is 5.92 Å². The van der Waals surface area contributed by atoms with Crippen LogP contribution in [-0.4, -0.2) is 52.1 Å². The number of aromatic nitrogens is 4. The van der Waals surface area contributed by atoms with Gasteiger partial charge in [-0.05, 0) is 50.0 Å². The standard InChI is InChI=1S/C19H24N6O/c1-25-9-3-4-14(17(25)13-5-7-15(26-2)8-6-13)10-20-18-16-19(22-11-21-16)24-12-23-18/h5-8,11-12,14,17H,3-4,9-10H2,1-2H3,(H2,20,21,22,23,24). The highest BCUT2D eigenvalue weighted by Gasteiger charge is 2.30. The van der Waals surface area contributed by atoms with Crippen molar-refractivity contribution < 1.29 is 4.74 Å². The Labute approximate surface area is 152 Å². The second-order valence-electron chi connectivity index (χ2n) is 6.81. The largest absolute Gasteiger partial charge is 0.497 e. The van der Waals surface area contributed by atoms with E-state index in [1.165, 1.54) is 18.4 Å². The van der Waals surface area contributed by atoms with Gasteiger partial charge in [0.05, 0.1) is 13.4 Å². The van der Waals surface area contributed by atoms with Crippen LogP contribution in [0.1, 0.15) is 24.4 Å². The maximum atomic E-state index is 5.30. The number of anilines is 1. The molecule has 2 atom stereocenters. The Kier molecular flexibility index (Phi) is 4.71. The van der Waals surface area contributed by atoms with Crippen molar-refractivity contribution in [3.05, 3.63) is 42.5 Å². The number of nitrogens with zero attached hydrogens (tertiary/aromatic N) is 4. The van der Waals surface area contributed by atoms with Crippen LogP contribution >= 0.6 is 0 Å². The summed E-state index contributed by atoms with van der Waals surface area (Å²) in [5.74, 6) is 2.20. The molecule has 3 aromatic rings. The van der Waals surface area contributed by atoms with Gasteiger partial charge < -0.3 is 15.0 Å². The van der Waals surface area contributed by atoms with Gasteiger partial charge in [-0.25, -0.2) is 15.0 Å². The Morgan fingerprint density at radius 3 is 2.88 bits per heavy atom. The molecule has 0 aliphatic carbocycles. The summed E-state index contributed by atoms with van der Waals surface area (Å²) in [6, 6.07) is 8.81. The lowest BCUT2D eigenvalue weighted by Crippen LogP contribution is -2.39. The van der Waals surface area contributed by atoms with Crippen molar-refractivity contribution in [1.29, 1.82) is 0 Å². The van der Waals surface area contributed by atoms with Crippen LogP contribution in [0.4, 0.5) is 5.82 Å². The SMILES string of the molecule is COc1ccc(C2C(CNc3ncnc4nc[nH]c34)CCCN2C)cc1. The second kappa shape index (κ2) is 7.29. The topological polar surface area (TPSA) is 79.0 Å². The zero-order valence-electron chi connectivity index (χ0n) is 15.1. The summed E-state index contributed by atoms with van der Waals surface area (Å²) in [6.45, 7) is 1.97. The highest BCUT2D eigenvalue weighted by Crippen LogP contribution is 2.36. The lowest BCUT2D eigenvalue weighted by Gasteiger charge is -2.39. The lowest BCUT2D eigenvalue weighted by molar-refractivity contribution is 0.128. The lowest BCUT2D eigenvalue weighted by atomic mass is 9.85. The summed E-state index contributed by atoms with van der Waals surface area (Å²) < 4.78 is 5.30. The Morgan fingerprint density at radius 2 is 2.08 bits per heavy atom. The van der Waals surface area contributed by atoms with Crippen molar-refractivity contribution in [2.45, 2.75) is 18.9 Å². The summed E-state index contributed by atoms with van der Waals surface area (Å²) in [5, 5.41) is 3.51. The third kappa shape index (κ3) is 3.22. The van der Waals surface area contributed by atoms with Gasteiger partial charge in [0.2, 0.25) is 0 Å². The highest BCUT2D eigenvalue weighted by molar-refractivity contribution is 5.81. The van der Waals surface area contributed by atoms with Gasteiger partial charge in [-0.3, -0.25) is 4.90 Å². The molecule has 0 radical (unpaired) electrons. The predicted molar refractivity (Wildman–Crippen MR) is 101 cm³/mol. The summed E-state index contributed by atoms with van der Waals surface area (Å²) in [5.41, 5.74) is 2.88. The Hall–Kier alpha value is -2.67. The second-order valence-corrected chi connectivity index (χ2v) is 6.81. The van der Waals surface area contributed by atoms with E-state index >= 15 is 0 Å². The smallest absolute Gasteiger partial charge is 0.182 e. The molecule has 136 valence electrons. The fraction of sp³-hybridized carbons (Fsp3) is 0.421. The number of rotatable bonds is 5. The minimum Gasteiger partial charge on any atom is -0.497 e. The number of hydrogen-bond donors (Lipinski definition) is 2. The third-order valence-corrected chi connectivity index (χ3v) is 5.22. The highest BCUT2D eigenvalue weighted by atomic mass is 16.5. The van der Waals surface area contributed by atoms with Crippen LogP contribution in [0.15, 0.2) is 36.9 Å². The summed E-state index contributed by atoms with van der Waals surface area (Å²) >= 11 is 0. The average Bonchev–Trinajstić information content (AvgIpc) is 3.16. The molecule has 2 unspecified atom stereocenters. The van der Waals surface area contributed by atoms with Gasteiger partial charge >= 0.3 is 0 Å². The van der Waals surface area contributed by atoms with E-state index in [1.54, 1.807) is 19.8 Å². The van der Waals surface area contributed by atoms with Crippen LogP contribution < -0.4 is 10.1 Å². The Morgan fingerprint density at radius 1 is 1.23 bits per heavy atom. The fourth-order valence-corrected chi connectivity index (χ4v) is 3.93. The van der Waals surface area contributed by atoms with Crippen molar-refractivity contribution in [3.63, 3.8) is 0 Å². The van der Waals surface area contributed by atoms with Crippen LogP contribution in [0.3, 0.4) is 0 Å². The molecule has 0 bridgehead atoms. The van der Waals surface area contributed by atoms with Crippen molar-refractivity contribution in [3.8, 4) is 5.75 Å². The van der Waals surface area contributed by atoms with E-state index in [0.717, 1.165) is 30.2 Å². The number of H-pyrrole nitrogens is 1. The van der Waals surface area contributed by atoms with E-state index in [0.29, 0.717) is 17.6 Å². The first-order chi connectivity index (χ1) is 12.8. The van der Waals surface area contributed by atoms with Gasteiger partial charge in [0.25, 0.3) is 0 Å². The van der Waals surface area contributed by atoms with Gasteiger partial charge in [-0.2, -0.15) is 0 Å². The van der Waals surface area contributed by atoms with Crippen LogP contribution in [0.5, 0.6) is 5.75 Å². The minimum absolute atomic E-state index is 0.376. The number of imidazole rings is 1. The zero-order chi connectivity index (χ0) is 17.9. The average molecular weight is 352 g/mol. The van der Waals surface area contributed by atoms with E-state index in [-0.39, 0.29) is 0 Å². The van der Waals surface area contributed by atoms with Crippen LogP contribution in [0.2, 0.25) is 0 Å². The molecule has 2 aromatic heterocycles. The molecular formula is C19H24N6O. The number of benzene rings is 1. The van der Waals surface area contributed by atoms with E-state index in [4.69, 9.17) is 4.74 Å². The van der Waals surface area contributed by atoms with Gasteiger partial charge in [0.15, 0.2) is 11.5 Å². The molecule has 1 aromatic carbocycles. The molecule has 4 rings (SSSR count). The molecule has 1 aliphatic heterocycles. The molecule has 1 aliphatic rings. The first-order valence-corrected chi connectivity index (χ1v) is 8.98. The minimum atomic E-state index is 0.376. The molecule has 0 saturated carbocycles. The maximum Gasteiger partial charge on any atom is 0.182 e. The number of aromatic amines is 1. The first-order valence-electron chi connectivity index (χ1n) is 8.98. The normalized spacial score (nSPS) is 21.0. The number of nitrogens with one attached hydrogen (secondary N) is 2. The van der Waals surface area contributed by atoms with Gasteiger partial charge in [0, 0.05) is 12.6 Å². The molecule has 3 heterocycles. The van der Waals surface area contributed by atoms with Gasteiger partial charge in [-0.15, -0.1) is 0 Å². The molecule has 7 heteroatoms. The monoisotopic (exact) mass is 352 g/mol. The van der Waals surface area contributed by atoms with Gasteiger partial charge in [-0.1, -0.05) is 12.1 Å². The number of ether oxygens (including phenoxy) is 1. The predicted octanol–water partition coefficient (Wildman–Crippen LogP) is 2.86. The van der Waals surface area contributed by atoms with E-state index in [1.807, 2.05) is 12.1 Å². The Balaban J connectivity index is 1.54. The molecule has 2 N–H and O–H groups in total. The van der Waals surface area contributed by atoms with E-state index in [2.05, 4.69) is 49.3 Å². The van der Waals surface area contributed by atoms with Crippen molar-refractivity contribution in [2.24, 2.45) is 5.92 Å². The summed E-state index contributed by atoms with van der Waals surface area (Å²) in [6.07, 6.45) is 5.60. The quantitative estimate of drug-likeness (QED) is 0.735. The molecular weight excluding hydrogens is 328 g/mol. The third-order valence-electron chi connectivity index (χ3n) is 5.22. The van der Waals surface area contributed by atoms with Crippen molar-refractivity contribution in [2.75, 3.05) is 32.6 Å². The summed E-state index contributed by atoms with van der Waals surface area (Å²) in [7, 11) is 3.91. The molecule has 0 spiro atoms. The molecule has 7 nitrogen and oxygen atoms in total. The van der Waals surface area contributed by atoms with Crippen LogP contribution in [0.25, 0.3) is 11.2 Å². The van der Waals surface area contributed by atoms with E-state index < -0.39 is 0 Å². The fourth-order valence-electron chi connectivity index (χ4n) is 3.93. The zero-order valence-corrected chi connectivity index (χ0v) is 15.1. The maximum absolute atomic E-state index is 5.30. The molecule has 1 fully saturated rings. The summed E-state index contributed by atoms with van der Waals surface area (Å²) in [4.78, 5) is 18.3. The van der Waals surface area contributed by atoms with Crippen LogP contribution in [-0.2, 0) is 0 Å². The number of fused-ring (bicyclic) bond motifs is 1. The van der Waals surface area contributed by atoms with Crippen molar-refractivity contribution >= 4 is 17.0 Å². The number of likely N-dealkylation sites (tertiary alicyclic amines) is 1.